The molecule has 1 heterocycles. The topological polar surface area (TPSA) is 66.0 Å². The van der Waals surface area contributed by atoms with Gasteiger partial charge < -0.3 is 10.1 Å². The molecule has 2 rings (SSSR count). The van der Waals surface area contributed by atoms with Gasteiger partial charge in [-0.3, -0.25) is 4.79 Å². The van der Waals surface area contributed by atoms with Crippen molar-refractivity contribution in [2.24, 2.45) is 5.41 Å². The Hall–Kier alpha value is -1.32. The summed E-state index contributed by atoms with van der Waals surface area (Å²) in [5, 5.41) is 9.40. The SMILES string of the molecule is Cc1c(O)nc(C2CC2(C)C)[nH]c1=O. The summed E-state index contributed by atoms with van der Waals surface area (Å²) in [6.07, 6.45) is 1.01. The van der Waals surface area contributed by atoms with Gasteiger partial charge in [0.15, 0.2) is 0 Å². The zero-order chi connectivity index (χ0) is 10.5. The van der Waals surface area contributed by atoms with Crippen LogP contribution in [-0.2, 0) is 0 Å². The molecular weight excluding hydrogens is 180 g/mol. The van der Waals surface area contributed by atoms with Crippen LogP contribution in [0.15, 0.2) is 4.79 Å². The second kappa shape index (κ2) is 2.59. The van der Waals surface area contributed by atoms with Gasteiger partial charge in [0.05, 0.1) is 5.56 Å². The Labute approximate surface area is 82.0 Å². The van der Waals surface area contributed by atoms with E-state index >= 15 is 0 Å². The maximum atomic E-state index is 11.3. The summed E-state index contributed by atoms with van der Waals surface area (Å²) in [4.78, 5) is 18.0. The smallest absolute Gasteiger partial charge is 0.257 e. The summed E-state index contributed by atoms with van der Waals surface area (Å²) in [6.45, 7) is 5.80. The second-order valence-corrected chi connectivity index (χ2v) is 4.65. The van der Waals surface area contributed by atoms with Crippen molar-refractivity contribution in [3.63, 3.8) is 0 Å². The van der Waals surface area contributed by atoms with E-state index in [1.54, 1.807) is 6.92 Å². The van der Waals surface area contributed by atoms with Crippen molar-refractivity contribution < 1.29 is 5.11 Å². The molecule has 0 saturated heterocycles. The fourth-order valence-corrected chi connectivity index (χ4v) is 1.64. The number of hydrogen-bond donors (Lipinski definition) is 2. The molecule has 0 bridgehead atoms. The standard InChI is InChI=1S/C10H14N2O2/c1-5-8(13)11-7(12-9(5)14)6-4-10(6,2)3/h6H,4H2,1-3H3,(H2,11,12,13,14). The molecule has 1 saturated carbocycles. The third-order valence-corrected chi connectivity index (χ3v) is 2.99. The highest BCUT2D eigenvalue weighted by molar-refractivity contribution is 5.24. The largest absolute Gasteiger partial charge is 0.493 e. The Bertz CT molecular complexity index is 434. The van der Waals surface area contributed by atoms with Crippen LogP contribution in [0.3, 0.4) is 0 Å². The first-order chi connectivity index (χ1) is 6.42. The van der Waals surface area contributed by atoms with Gasteiger partial charge in [-0.15, -0.1) is 0 Å². The molecule has 1 aliphatic carbocycles. The molecule has 4 heteroatoms. The molecule has 0 radical (unpaired) electrons. The van der Waals surface area contributed by atoms with Crippen molar-refractivity contribution in [3.05, 3.63) is 21.7 Å². The summed E-state index contributed by atoms with van der Waals surface area (Å²) in [5.74, 6) is 0.747. The lowest BCUT2D eigenvalue weighted by Gasteiger charge is -2.04. The van der Waals surface area contributed by atoms with Crippen LogP contribution in [0.5, 0.6) is 5.88 Å². The summed E-state index contributed by atoms with van der Waals surface area (Å²) in [5.41, 5.74) is 0.250. The minimum Gasteiger partial charge on any atom is -0.493 e. The van der Waals surface area contributed by atoms with E-state index in [4.69, 9.17) is 0 Å². The van der Waals surface area contributed by atoms with Gasteiger partial charge >= 0.3 is 0 Å². The van der Waals surface area contributed by atoms with Gasteiger partial charge in [0, 0.05) is 5.92 Å². The van der Waals surface area contributed by atoms with Crippen LogP contribution in [0, 0.1) is 12.3 Å². The number of aromatic nitrogens is 2. The minimum atomic E-state index is -0.241. The number of aromatic hydroxyl groups is 1. The van der Waals surface area contributed by atoms with Crippen molar-refractivity contribution in [2.45, 2.75) is 33.1 Å². The Morgan fingerprint density at radius 1 is 1.57 bits per heavy atom. The average molecular weight is 194 g/mol. The third-order valence-electron chi connectivity index (χ3n) is 2.99. The Morgan fingerprint density at radius 3 is 2.57 bits per heavy atom. The first-order valence-electron chi connectivity index (χ1n) is 4.71. The molecule has 1 aromatic rings. The quantitative estimate of drug-likeness (QED) is 0.708. The van der Waals surface area contributed by atoms with Crippen molar-refractivity contribution in [3.8, 4) is 5.88 Å². The lowest BCUT2D eigenvalue weighted by molar-refractivity contribution is 0.441. The zero-order valence-electron chi connectivity index (χ0n) is 8.59. The van der Waals surface area contributed by atoms with Gasteiger partial charge in [-0.25, -0.2) is 0 Å². The lowest BCUT2D eigenvalue weighted by atomic mass is 10.1. The number of H-pyrrole nitrogens is 1. The van der Waals surface area contributed by atoms with Crippen LogP contribution in [0.1, 0.15) is 37.6 Å². The fraction of sp³-hybridized carbons (Fsp3) is 0.600. The van der Waals surface area contributed by atoms with E-state index in [0.717, 1.165) is 6.42 Å². The third kappa shape index (κ3) is 1.31. The Kier molecular flexibility index (Phi) is 1.71. The zero-order valence-corrected chi connectivity index (χ0v) is 8.59. The van der Waals surface area contributed by atoms with Gasteiger partial charge in [0.2, 0.25) is 5.88 Å². The molecule has 1 fully saturated rings. The van der Waals surface area contributed by atoms with Gasteiger partial charge in [-0.1, -0.05) is 13.8 Å². The van der Waals surface area contributed by atoms with Crippen LogP contribution in [0.2, 0.25) is 0 Å². The molecule has 0 aliphatic heterocycles. The maximum Gasteiger partial charge on any atom is 0.257 e. The number of aromatic amines is 1. The van der Waals surface area contributed by atoms with Gasteiger partial charge in [-0.05, 0) is 18.8 Å². The normalized spacial score (nSPS) is 23.5. The van der Waals surface area contributed by atoms with Crippen molar-refractivity contribution in [1.29, 1.82) is 0 Å². The van der Waals surface area contributed by atoms with Crippen molar-refractivity contribution in [2.75, 3.05) is 0 Å². The van der Waals surface area contributed by atoms with E-state index < -0.39 is 0 Å². The highest BCUT2D eigenvalue weighted by atomic mass is 16.3. The lowest BCUT2D eigenvalue weighted by Crippen LogP contribution is -2.14. The number of hydrogen-bond acceptors (Lipinski definition) is 3. The summed E-state index contributed by atoms with van der Waals surface area (Å²) < 4.78 is 0. The van der Waals surface area contributed by atoms with Crippen LogP contribution in [0.4, 0.5) is 0 Å². The van der Waals surface area contributed by atoms with Crippen LogP contribution in [0.25, 0.3) is 0 Å². The molecule has 0 amide bonds. The summed E-state index contributed by atoms with van der Waals surface area (Å²) >= 11 is 0. The minimum absolute atomic E-state index is 0.147. The molecule has 76 valence electrons. The molecule has 1 unspecified atom stereocenters. The molecule has 1 aromatic heterocycles. The van der Waals surface area contributed by atoms with Crippen molar-refractivity contribution in [1.82, 2.24) is 9.97 Å². The van der Waals surface area contributed by atoms with Gasteiger partial charge in [-0.2, -0.15) is 4.98 Å². The maximum absolute atomic E-state index is 11.3. The van der Waals surface area contributed by atoms with E-state index in [-0.39, 0.29) is 28.3 Å². The van der Waals surface area contributed by atoms with E-state index in [0.29, 0.717) is 5.82 Å². The molecule has 14 heavy (non-hydrogen) atoms. The average Bonchev–Trinajstić information content (AvgIpc) is 2.70. The highest BCUT2D eigenvalue weighted by Gasteiger charge is 2.48. The molecule has 0 aromatic carbocycles. The van der Waals surface area contributed by atoms with E-state index in [1.807, 2.05) is 0 Å². The molecule has 2 N–H and O–H groups in total. The molecular formula is C10H14N2O2. The fourth-order valence-electron chi connectivity index (χ4n) is 1.64. The van der Waals surface area contributed by atoms with Gasteiger partial charge in [0.1, 0.15) is 5.82 Å². The van der Waals surface area contributed by atoms with E-state index in [9.17, 15) is 9.90 Å². The number of nitrogens with one attached hydrogen (secondary N) is 1. The summed E-state index contributed by atoms with van der Waals surface area (Å²) in [6, 6.07) is 0. The number of nitrogens with zero attached hydrogens (tertiary/aromatic N) is 1. The second-order valence-electron chi connectivity index (χ2n) is 4.65. The monoisotopic (exact) mass is 194 g/mol. The van der Waals surface area contributed by atoms with E-state index in [1.165, 1.54) is 0 Å². The van der Waals surface area contributed by atoms with Crippen LogP contribution in [-0.4, -0.2) is 15.1 Å². The first kappa shape index (κ1) is 9.24. The van der Waals surface area contributed by atoms with Crippen LogP contribution < -0.4 is 5.56 Å². The molecule has 1 aliphatic rings. The van der Waals surface area contributed by atoms with Gasteiger partial charge in [0.25, 0.3) is 5.56 Å². The molecule has 4 nitrogen and oxygen atoms in total. The van der Waals surface area contributed by atoms with Crippen LogP contribution >= 0.6 is 0 Å². The first-order valence-corrected chi connectivity index (χ1v) is 4.71. The van der Waals surface area contributed by atoms with E-state index in [2.05, 4.69) is 23.8 Å². The predicted octanol–water partition coefficient (Wildman–Crippen LogP) is 1.30. The van der Waals surface area contributed by atoms with Crippen molar-refractivity contribution >= 4 is 0 Å². The summed E-state index contributed by atoms with van der Waals surface area (Å²) in [7, 11) is 0. The Balaban J connectivity index is 2.43. The number of rotatable bonds is 1. The highest BCUT2D eigenvalue weighted by Crippen LogP contribution is 2.57. The Morgan fingerprint density at radius 2 is 2.14 bits per heavy atom. The predicted molar refractivity (Wildman–Crippen MR) is 52.4 cm³/mol. The molecule has 1 atom stereocenters. The molecule has 0 spiro atoms.